The molecule has 2 aliphatic rings. The zero-order valence-electron chi connectivity index (χ0n) is 19.8. The number of carbonyl (C=O) groups is 2. The van der Waals surface area contributed by atoms with Gasteiger partial charge in [-0.1, -0.05) is 18.2 Å². The van der Waals surface area contributed by atoms with Crippen LogP contribution in [-0.2, 0) is 16.2 Å². The molecule has 35 heavy (non-hydrogen) atoms. The van der Waals surface area contributed by atoms with Gasteiger partial charge < -0.3 is 24.0 Å². The van der Waals surface area contributed by atoms with Crippen LogP contribution in [0.3, 0.4) is 0 Å². The minimum Gasteiger partial charge on any atom is -0.497 e. The molecule has 0 aliphatic carbocycles. The minimum absolute atomic E-state index is 0.137. The van der Waals surface area contributed by atoms with Crippen molar-refractivity contribution in [2.45, 2.75) is 11.4 Å². The number of rotatable bonds is 6. The number of benzene rings is 3. The van der Waals surface area contributed by atoms with E-state index in [0.29, 0.717) is 35.9 Å². The molecule has 5 rings (SSSR count). The van der Waals surface area contributed by atoms with E-state index in [9.17, 15) is 9.59 Å². The van der Waals surface area contributed by atoms with Gasteiger partial charge in [0.25, 0.3) is 11.8 Å². The zero-order chi connectivity index (χ0) is 24.6. The monoisotopic (exact) mass is 490 g/mol. The topological polar surface area (TPSA) is 68.3 Å². The number of ether oxygens (including phenoxy) is 3. The van der Waals surface area contributed by atoms with Crippen molar-refractivity contribution in [2.24, 2.45) is 0 Å². The molecule has 0 aromatic heterocycles. The van der Waals surface area contributed by atoms with Gasteiger partial charge in [0.2, 0.25) is 0 Å². The molecule has 7 nitrogen and oxygen atoms in total. The number of methoxy groups -OCH3 is 3. The molecule has 3 aromatic rings. The van der Waals surface area contributed by atoms with Crippen LogP contribution in [0.5, 0.6) is 17.2 Å². The Kier molecular flexibility index (Phi) is 6.06. The molecule has 180 valence electrons. The molecule has 2 aliphatic heterocycles. The van der Waals surface area contributed by atoms with Gasteiger partial charge in [0.1, 0.15) is 17.2 Å². The minimum atomic E-state index is -1.16. The van der Waals surface area contributed by atoms with Gasteiger partial charge in [-0.05, 0) is 54.1 Å². The average molecular weight is 491 g/mol. The molecule has 3 aromatic carbocycles. The second-order valence-corrected chi connectivity index (χ2v) is 9.59. The Balaban J connectivity index is 1.59. The molecule has 2 heterocycles. The van der Waals surface area contributed by atoms with Crippen molar-refractivity contribution in [3.8, 4) is 17.2 Å². The summed E-state index contributed by atoms with van der Waals surface area (Å²) in [6, 6.07) is 20.3. The molecule has 1 fully saturated rings. The summed E-state index contributed by atoms with van der Waals surface area (Å²) < 4.78 is 16.2. The number of carbonyl (C=O) groups excluding carboxylic acids is 2. The Morgan fingerprint density at radius 1 is 0.914 bits per heavy atom. The first-order chi connectivity index (χ1) is 17.0. The second-order valence-electron chi connectivity index (χ2n) is 8.31. The van der Waals surface area contributed by atoms with E-state index in [-0.39, 0.29) is 11.8 Å². The standard InChI is InChI=1S/C27H26N2O5S/c1-32-20-8-4-6-18(14-20)17-28-24-11-10-22(34-3)16-23(24)27(26(28)31)29(12-13-35-27)25(30)19-7-5-9-21(15-19)33-2/h4-11,14-16H,12-13,17H2,1-3H3/t27-/m1/s1. The van der Waals surface area contributed by atoms with Crippen molar-refractivity contribution in [3.63, 3.8) is 0 Å². The van der Waals surface area contributed by atoms with E-state index in [1.807, 2.05) is 42.5 Å². The number of hydrogen-bond donors (Lipinski definition) is 0. The van der Waals surface area contributed by atoms with Crippen LogP contribution in [0.25, 0.3) is 0 Å². The lowest BCUT2D eigenvalue weighted by atomic mass is 10.0. The van der Waals surface area contributed by atoms with E-state index in [1.165, 1.54) is 11.8 Å². The SMILES string of the molecule is COc1cccc(CN2C(=O)[C@]3(SCCN3C(=O)c3cccc(OC)c3)c3cc(OC)ccc32)c1. The molecular formula is C27H26N2O5S. The van der Waals surface area contributed by atoms with Crippen LogP contribution in [0.1, 0.15) is 21.5 Å². The highest BCUT2D eigenvalue weighted by molar-refractivity contribution is 8.01. The largest absolute Gasteiger partial charge is 0.497 e. The fraction of sp³-hybridized carbons (Fsp3) is 0.259. The first kappa shape index (κ1) is 23.1. The van der Waals surface area contributed by atoms with Crippen LogP contribution in [0.4, 0.5) is 5.69 Å². The summed E-state index contributed by atoms with van der Waals surface area (Å²) in [6.45, 7) is 0.814. The van der Waals surface area contributed by atoms with Crippen LogP contribution < -0.4 is 19.1 Å². The summed E-state index contributed by atoms with van der Waals surface area (Å²) in [6.07, 6.45) is 0. The van der Waals surface area contributed by atoms with Gasteiger partial charge in [0, 0.05) is 23.4 Å². The fourth-order valence-corrected chi connectivity index (χ4v) is 6.20. The maximum Gasteiger partial charge on any atom is 0.268 e. The van der Waals surface area contributed by atoms with Gasteiger partial charge >= 0.3 is 0 Å². The Morgan fingerprint density at radius 3 is 2.34 bits per heavy atom. The third-order valence-corrected chi connectivity index (χ3v) is 7.86. The maximum absolute atomic E-state index is 14.2. The van der Waals surface area contributed by atoms with Gasteiger partial charge in [-0.25, -0.2) is 0 Å². The van der Waals surface area contributed by atoms with Crippen molar-refractivity contribution in [1.29, 1.82) is 0 Å². The molecule has 0 saturated carbocycles. The first-order valence-electron chi connectivity index (χ1n) is 11.2. The van der Waals surface area contributed by atoms with Crippen LogP contribution in [0, 0.1) is 0 Å². The number of hydrogen-bond acceptors (Lipinski definition) is 6. The van der Waals surface area contributed by atoms with E-state index in [2.05, 4.69) is 0 Å². The van der Waals surface area contributed by atoms with Crippen molar-refractivity contribution in [1.82, 2.24) is 4.90 Å². The van der Waals surface area contributed by atoms with E-state index in [1.54, 1.807) is 55.4 Å². The maximum atomic E-state index is 14.2. The lowest BCUT2D eigenvalue weighted by Crippen LogP contribution is -2.50. The lowest BCUT2D eigenvalue weighted by Gasteiger charge is -2.33. The quantitative estimate of drug-likeness (QED) is 0.513. The van der Waals surface area contributed by atoms with Gasteiger partial charge in [-0.15, -0.1) is 11.8 Å². The highest BCUT2D eigenvalue weighted by Gasteiger charge is 2.59. The van der Waals surface area contributed by atoms with Crippen LogP contribution >= 0.6 is 11.8 Å². The lowest BCUT2D eigenvalue weighted by molar-refractivity contribution is -0.123. The molecule has 1 spiro atoms. The Bertz CT molecular complexity index is 1300. The normalized spacial score (nSPS) is 18.7. The Labute approximate surface area is 208 Å². The van der Waals surface area contributed by atoms with Gasteiger partial charge in [0.15, 0.2) is 4.87 Å². The third-order valence-electron chi connectivity index (χ3n) is 6.44. The summed E-state index contributed by atoms with van der Waals surface area (Å²) >= 11 is 1.49. The number of anilines is 1. The Hall–Kier alpha value is -3.65. The van der Waals surface area contributed by atoms with Gasteiger partial charge in [0.05, 0.1) is 33.6 Å². The first-order valence-corrected chi connectivity index (χ1v) is 12.2. The Morgan fingerprint density at radius 2 is 1.60 bits per heavy atom. The molecule has 1 atom stereocenters. The van der Waals surface area contributed by atoms with Crippen molar-refractivity contribution >= 4 is 29.3 Å². The van der Waals surface area contributed by atoms with Crippen LogP contribution in [0.15, 0.2) is 66.7 Å². The molecule has 8 heteroatoms. The number of thioether (sulfide) groups is 1. The number of fused-ring (bicyclic) bond motifs is 2. The average Bonchev–Trinajstić information content (AvgIpc) is 3.45. The fourth-order valence-electron chi connectivity index (χ4n) is 4.74. The summed E-state index contributed by atoms with van der Waals surface area (Å²) in [4.78, 5) is 30.3. The smallest absolute Gasteiger partial charge is 0.268 e. The second kappa shape index (κ2) is 9.19. The number of amides is 2. The van der Waals surface area contributed by atoms with Crippen LogP contribution in [-0.4, -0.2) is 50.3 Å². The number of nitrogens with zero attached hydrogens (tertiary/aromatic N) is 2. The van der Waals surface area contributed by atoms with Crippen LogP contribution in [0.2, 0.25) is 0 Å². The molecule has 2 amide bonds. The van der Waals surface area contributed by atoms with Crippen molar-refractivity contribution < 1.29 is 23.8 Å². The highest BCUT2D eigenvalue weighted by atomic mass is 32.2. The summed E-state index contributed by atoms with van der Waals surface area (Å²) in [5, 5.41) is 0. The molecule has 0 unspecified atom stereocenters. The summed E-state index contributed by atoms with van der Waals surface area (Å²) in [7, 11) is 4.78. The van der Waals surface area contributed by atoms with E-state index in [0.717, 1.165) is 22.6 Å². The molecule has 0 radical (unpaired) electrons. The van der Waals surface area contributed by atoms with Gasteiger partial charge in [-0.3, -0.25) is 9.59 Å². The predicted molar refractivity (Wildman–Crippen MR) is 135 cm³/mol. The highest BCUT2D eigenvalue weighted by Crippen LogP contribution is 2.55. The van der Waals surface area contributed by atoms with E-state index < -0.39 is 4.87 Å². The third kappa shape index (κ3) is 3.78. The molecular weight excluding hydrogens is 464 g/mol. The zero-order valence-corrected chi connectivity index (χ0v) is 20.6. The summed E-state index contributed by atoms with van der Waals surface area (Å²) in [5.74, 6) is 2.26. The molecule has 0 N–H and O–H groups in total. The van der Waals surface area contributed by atoms with Crippen molar-refractivity contribution in [2.75, 3.05) is 38.5 Å². The van der Waals surface area contributed by atoms with E-state index in [4.69, 9.17) is 14.2 Å². The molecule has 1 saturated heterocycles. The molecule has 0 bridgehead atoms. The van der Waals surface area contributed by atoms with Crippen molar-refractivity contribution in [3.05, 3.63) is 83.4 Å². The van der Waals surface area contributed by atoms with Gasteiger partial charge in [-0.2, -0.15) is 0 Å². The van der Waals surface area contributed by atoms with E-state index >= 15 is 0 Å². The predicted octanol–water partition coefficient (Wildman–Crippen LogP) is 4.30. The summed E-state index contributed by atoms with van der Waals surface area (Å²) in [5.41, 5.74) is 2.96.